The Morgan fingerprint density at radius 3 is 2.69 bits per heavy atom. The normalized spacial score (nSPS) is 22.5. The highest BCUT2D eigenvalue weighted by Gasteiger charge is 2.27. The number of nitrogens with zero attached hydrogens (tertiary/aromatic N) is 4. The molecule has 2 saturated heterocycles. The maximum atomic E-state index is 12.7. The lowest BCUT2D eigenvalue weighted by atomic mass is 10.0. The molecular formula is C19H33N5O2. The highest BCUT2D eigenvalue weighted by molar-refractivity contribution is 5.93. The molecule has 0 spiro atoms. The molecule has 2 fully saturated rings. The molecule has 0 radical (unpaired) electrons. The van der Waals surface area contributed by atoms with Gasteiger partial charge in [0, 0.05) is 32.2 Å². The van der Waals surface area contributed by atoms with E-state index in [9.17, 15) is 4.79 Å². The van der Waals surface area contributed by atoms with Crippen molar-refractivity contribution in [2.24, 2.45) is 0 Å². The molecule has 0 aromatic carbocycles. The molecule has 7 nitrogen and oxygen atoms in total. The Kier molecular flexibility index (Phi) is 6.67. The summed E-state index contributed by atoms with van der Waals surface area (Å²) in [6.07, 6.45) is 3.61. The highest BCUT2D eigenvalue weighted by atomic mass is 16.5. The Hall–Kier alpha value is -1.44. The lowest BCUT2D eigenvalue weighted by Gasteiger charge is -2.39. The monoisotopic (exact) mass is 363 g/mol. The molecule has 1 aromatic heterocycles. The SMILES string of the molecule is CCn1nc(C)c(NC(=O)CN2CCCC[C@@H]2CN2CCOCC2)c1C. The van der Waals surface area contributed by atoms with Crippen LogP contribution in [0.15, 0.2) is 0 Å². The van der Waals surface area contributed by atoms with Gasteiger partial charge in [0.15, 0.2) is 0 Å². The van der Waals surface area contributed by atoms with E-state index in [0.29, 0.717) is 12.6 Å². The number of carbonyl (C=O) groups excluding carboxylic acids is 1. The van der Waals surface area contributed by atoms with Gasteiger partial charge in [0.2, 0.25) is 5.91 Å². The third-order valence-electron chi connectivity index (χ3n) is 5.61. The Morgan fingerprint density at radius 2 is 2.00 bits per heavy atom. The average Bonchev–Trinajstić information content (AvgIpc) is 2.92. The van der Waals surface area contributed by atoms with Crippen LogP contribution in [0, 0.1) is 13.8 Å². The predicted octanol–water partition coefficient (Wildman–Crippen LogP) is 1.65. The molecule has 2 aliphatic rings. The summed E-state index contributed by atoms with van der Waals surface area (Å²) in [6, 6.07) is 0.466. The maximum Gasteiger partial charge on any atom is 0.238 e. The second-order valence-electron chi connectivity index (χ2n) is 7.44. The van der Waals surface area contributed by atoms with Gasteiger partial charge in [-0.3, -0.25) is 19.3 Å². The van der Waals surface area contributed by atoms with E-state index in [4.69, 9.17) is 4.74 Å². The van der Waals surface area contributed by atoms with E-state index >= 15 is 0 Å². The molecule has 7 heteroatoms. The molecule has 1 aromatic rings. The van der Waals surface area contributed by atoms with Crippen LogP contribution in [-0.2, 0) is 16.1 Å². The lowest BCUT2D eigenvalue weighted by molar-refractivity contribution is -0.118. The van der Waals surface area contributed by atoms with Crippen LogP contribution in [0.1, 0.15) is 37.6 Å². The fraction of sp³-hybridized carbons (Fsp3) is 0.789. The fourth-order valence-corrected chi connectivity index (χ4v) is 4.11. The first-order chi connectivity index (χ1) is 12.6. The van der Waals surface area contributed by atoms with Crippen LogP contribution < -0.4 is 5.32 Å². The lowest BCUT2D eigenvalue weighted by Crippen LogP contribution is -2.51. The van der Waals surface area contributed by atoms with E-state index in [-0.39, 0.29) is 5.91 Å². The summed E-state index contributed by atoms with van der Waals surface area (Å²) in [5.74, 6) is 0.0701. The minimum atomic E-state index is 0.0701. The number of aromatic nitrogens is 2. The van der Waals surface area contributed by atoms with Gasteiger partial charge in [-0.15, -0.1) is 0 Å². The molecule has 0 bridgehead atoms. The first-order valence-corrected chi connectivity index (χ1v) is 9.96. The molecule has 2 aliphatic heterocycles. The number of hydrogen-bond donors (Lipinski definition) is 1. The van der Waals surface area contributed by atoms with Crippen molar-refractivity contribution in [2.75, 3.05) is 51.3 Å². The van der Waals surface area contributed by atoms with Gasteiger partial charge >= 0.3 is 0 Å². The zero-order chi connectivity index (χ0) is 18.5. The number of morpholine rings is 1. The molecule has 146 valence electrons. The Balaban J connectivity index is 1.58. The minimum absolute atomic E-state index is 0.0701. The summed E-state index contributed by atoms with van der Waals surface area (Å²) in [4.78, 5) is 17.5. The molecule has 1 N–H and O–H groups in total. The zero-order valence-corrected chi connectivity index (χ0v) is 16.5. The molecule has 3 heterocycles. The first-order valence-electron chi connectivity index (χ1n) is 9.96. The Bertz CT molecular complexity index is 609. The number of amides is 1. The standard InChI is InChI=1S/C19H33N5O2/c1-4-24-16(3)19(15(2)21-24)20-18(25)14-23-8-6-5-7-17(23)13-22-9-11-26-12-10-22/h17H,4-14H2,1-3H3,(H,20,25)/t17-/m1/s1. The van der Waals surface area contributed by atoms with E-state index in [1.807, 2.05) is 18.5 Å². The topological polar surface area (TPSA) is 62.6 Å². The van der Waals surface area contributed by atoms with Gasteiger partial charge in [-0.1, -0.05) is 6.42 Å². The van der Waals surface area contributed by atoms with Crippen molar-refractivity contribution in [1.29, 1.82) is 0 Å². The summed E-state index contributed by atoms with van der Waals surface area (Å²) in [7, 11) is 0. The van der Waals surface area contributed by atoms with Crippen molar-refractivity contribution in [3.8, 4) is 0 Å². The summed E-state index contributed by atoms with van der Waals surface area (Å²) in [5, 5.41) is 7.60. The van der Waals surface area contributed by atoms with Gasteiger partial charge in [-0.25, -0.2) is 0 Å². The largest absolute Gasteiger partial charge is 0.379 e. The van der Waals surface area contributed by atoms with E-state index in [1.54, 1.807) is 0 Å². The first kappa shape index (κ1) is 19.3. The summed E-state index contributed by atoms with van der Waals surface area (Å²) >= 11 is 0. The van der Waals surface area contributed by atoms with Gasteiger partial charge in [-0.2, -0.15) is 5.10 Å². The van der Waals surface area contributed by atoms with Crippen molar-refractivity contribution in [1.82, 2.24) is 19.6 Å². The number of likely N-dealkylation sites (tertiary alicyclic amines) is 1. The van der Waals surface area contributed by atoms with Gasteiger partial charge in [0.25, 0.3) is 0 Å². The van der Waals surface area contributed by atoms with Crippen molar-refractivity contribution >= 4 is 11.6 Å². The van der Waals surface area contributed by atoms with Gasteiger partial charge in [0.05, 0.1) is 36.8 Å². The summed E-state index contributed by atoms with van der Waals surface area (Å²) in [5.41, 5.74) is 2.79. The number of rotatable bonds is 6. The van der Waals surface area contributed by atoms with Crippen LogP contribution in [0.5, 0.6) is 0 Å². The van der Waals surface area contributed by atoms with Crippen molar-refractivity contribution in [3.05, 3.63) is 11.4 Å². The van der Waals surface area contributed by atoms with Crippen LogP contribution in [0.2, 0.25) is 0 Å². The number of ether oxygens (including phenoxy) is 1. The molecule has 0 saturated carbocycles. The third kappa shape index (κ3) is 4.64. The molecular weight excluding hydrogens is 330 g/mol. The van der Waals surface area contributed by atoms with Crippen LogP contribution in [0.4, 0.5) is 5.69 Å². The van der Waals surface area contributed by atoms with E-state index in [0.717, 1.165) is 63.0 Å². The average molecular weight is 364 g/mol. The zero-order valence-electron chi connectivity index (χ0n) is 16.5. The summed E-state index contributed by atoms with van der Waals surface area (Å²) < 4.78 is 7.39. The number of anilines is 1. The molecule has 0 aliphatic carbocycles. The van der Waals surface area contributed by atoms with Crippen LogP contribution in [-0.4, -0.2) is 77.5 Å². The van der Waals surface area contributed by atoms with Gasteiger partial charge < -0.3 is 10.1 Å². The van der Waals surface area contributed by atoms with Crippen molar-refractivity contribution < 1.29 is 9.53 Å². The smallest absolute Gasteiger partial charge is 0.238 e. The predicted molar refractivity (Wildman–Crippen MR) is 102 cm³/mol. The van der Waals surface area contributed by atoms with Crippen LogP contribution >= 0.6 is 0 Å². The van der Waals surface area contributed by atoms with E-state index in [1.165, 1.54) is 19.3 Å². The number of nitrogens with one attached hydrogen (secondary N) is 1. The Labute approximate surface area is 156 Å². The highest BCUT2D eigenvalue weighted by Crippen LogP contribution is 2.21. The number of hydrogen-bond acceptors (Lipinski definition) is 5. The van der Waals surface area contributed by atoms with Gasteiger partial charge in [-0.05, 0) is 40.2 Å². The summed E-state index contributed by atoms with van der Waals surface area (Å²) in [6.45, 7) is 13.0. The molecule has 1 atom stereocenters. The third-order valence-corrected chi connectivity index (χ3v) is 5.61. The maximum absolute atomic E-state index is 12.7. The second-order valence-corrected chi connectivity index (χ2v) is 7.44. The molecule has 26 heavy (non-hydrogen) atoms. The quantitative estimate of drug-likeness (QED) is 0.833. The number of piperidine rings is 1. The molecule has 1 amide bonds. The molecule has 3 rings (SSSR count). The number of aryl methyl sites for hydroxylation is 2. The van der Waals surface area contributed by atoms with Crippen molar-refractivity contribution in [2.45, 2.75) is 52.6 Å². The second kappa shape index (κ2) is 8.97. The van der Waals surface area contributed by atoms with Crippen LogP contribution in [0.3, 0.4) is 0 Å². The van der Waals surface area contributed by atoms with Gasteiger partial charge in [0.1, 0.15) is 0 Å². The van der Waals surface area contributed by atoms with Crippen LogP contribution in [0.25, 0.3) is 0 Å². The number of carbonyl (C=O) groups is 1. The van der Waals surface area contributed by atoms with E-state index in [2.05, 4.69) is 27.1 Å². The minimum Gasteiger partial charge on any atom is -0.379 e. The van der Waals surface area contributed by atoms with E-state index < -0.39 is 0 Å². The van der Waals surface area contributed by atoms with Crippen molar-refractivity contribution in [3.63, 3.8) is 0 Å². The Morgan fingerprint density at radius 1 is 1.23 bits per heavy atom. The molecule has 0 unspecified atom stereocenters. The fourth-order valence-electron chi connectivity index (χ4n) is 4.11.